The second-order valence-electron chi connectivity index (χ2n) is 4.97. The van der Waals surface area contributed by atoms with Gasteiger partial charge in [0.05, 0.1) is 5.75 Å². The molecule has 1 aliphatic rings. The van der Waals surface area contributed by atoms with Gasteiger partial charge >= 0.3 is 0 Å². The van der Waals surface area contributed by atoms with E-state index < -0.39 is 0 Å². The van der Waals surface area contributed by atoms with E-state index in [0.717, 1.165) is 29.4 Å². The number of hydrogen-bond acceptors (Lipinski definition) is 4. The minimum Gasteiger partial charge on any atom is -0.326 e. The minimum atomic E-state index is 0.0191. The summed E-state index contributed by atoms with van der Waals surface area (Å²) in [5.41, 5.74) is 0.804. The highest BCUT2D eigenvalue weighted by Crippen LogP contribution is 2.20. The van der Waals surface area contributed by atoms with Gasteiger partial charge < -0.3 is 5.32 Å². The largest absolute Gasteiger partial charge is 0.326 e. The number of anilines is 1. The Kier molecular flexibility index (Phi) is 6.85. The van der Waals surface area contributed by atoms with Crippen molar-refractivity contribution in [3.05, 3.63) is 28.7 Å². The summed E-state index contributed by atoms with van der Waals surface area (Å²) >= 11 is 9.90. The van der Waals surface area contributed by atoms with Gasteiger partial charge in [-0.05, 0) is 37.1 Å². The summed E-state index contributed by atoms with van der Waals surface area (Å²) in [6.07, 6.45) is 3.08. The van der Waals surface area contributed by atoms with Crippen LogP contribution in [0.25, 0.3) is 0 Å². The van der Waals surface area contributed by atoms with E-state index in [1.807, 2.05) is 24.3 Å². The summed E-state index contributed by atoms with van der Waals surface area (Å²) in [5.74, 6) is 0.586. The van der Waals surface area contributed by atoms with Crippen LogP contribution in [-0.4, -0.2) is 33.3 Å². The molecular weight excluding hydrogens is 384 g/mol. The van der Waals surface area contributed by atoms with Crippen molar-refractivity contribution in [3.8, 4) is 0 Å². The van der Waals surface area contributed by atoms with Crippen LogP contribution >= 0.6 is 39.9 Å². The topological polar surface area (TPSA) is 49.4 Å². The number of nitrogens with one attached hydrogen (secondary N) is 1. The highest BCUT2D eigenvalue weighted by atomic mass is 79.9. The van der Waals surface area contributed by atoms with Crippen LogP contribution in [-0.2, 0) is 9.59 Å². The summed E-state index contributed by atoms with van der Waals surface area (Å²) in [4.78, 5) is 25.0. The van der Waals surface area contributed by atoms with Gasteiger partial charge in [-0.3, -0.25) is 14.5 Å². The van der Waals surface area contributed by atoms with Crippen LogP contribution in [0, 0.1) is 0 Å². The molecule has 0 aromatic heterocycles. The van der Waals surface area contributed by atoms with Crippen LogP contribution in [0.4, 0.5) is 5.69 Å². The fraction of sp³-hybridized carbons (Fsp3) is 0.400. The van der Waals surface area contributed by atoms with Gasteiger partial charge in [0, 0.05) is 23.1 Å². The van der Waals surface area contributed by atoms with Crippen LogP contribution in [0.2, 0.25) is 0 Å². The summed E-state index contributed by atoms with van der Waals surface area (Å²) in [7, 11) is 0. The molecule has 0 unspecified atom stereocenters. The minimum absolute atomic E-state index is 0.0191. The van der Waals surface area contributed by atoms with Crippen molar-refractivity contribution in [1.29, 1.82) is 0 Å². The molecule has 7 heteroatoms. The second-order valence-corrected chi connectivity index (χ2v) is 7.49. The lowest BCUT2D eigenvalue weighted by atomic mass is 10.2. The summed E-state index contributed by atoms with van der Waals surface area (Å²) < 4.78 is 1.66. The molecule has 4 nitrogen and oxygen atoms in total. The van der Waals surface area contributed by atoms with Gasteiger partial charge in [0.2, 0.25) is 11.8 Å². The molecule has 0 radical (unpaired) electrons. The molecular formula is C15H17BrN2O2S2. The fourth-order valence-corrected chi connectivity index (χ4v) is 3.47. The van der Waals surface area contributed by atoms with Gasteiger partial charge in [-0.25, -0.2) is 0 Å². The molecule has 2 rings (SSSR count). The van der Waals surface area contributed by atoms with E-state index >= 15 is 0 Å². The standard InChI is InChI=1S/C15H17BrN2O2S2/c16-11-5-7-12(8-6-11)17-13(19)4-2-1-3-9-18-14(20)10-22-15(18)21/h5-8H,1-4,9-10H2,(H,17,19). The molecule has 1 aliphatic heterocycles. The van der Waals surface area contributed by atoms with Crippen molar-refractivity contribution in [1.82, 2.24) is 4.90 Å². The Morgan fingerprint density at radius 2 is 2.00 bits per heavy atom. The molecule has 0 bridgehead atoms. The zero-order valence-corrected chi connectivity index (χ0v) is 15.2. The third-order valence-electron chi connectivity index (χ3n) is 3.25. The molecule has 1 heterocycles. The van der Waals surface area contributed by atoms with Gasteiger partial charge in [0.1, 0.15) is 4.32 Å². The zero-order valence-electron chi connectivity index (χ0n) is 12.0. The average Bonchev–Trinajstić information content (AvgIpc) is 2.81. The van der Waals surface area contributed by atoms with E-state index in [0.29, 0.717) is 23.0 Å². The van der Waals surface area contributed by atoms with E-state index in [2.05, 4.69) is 21.2 Å². The summed E-state index contributed by atoms with van der Waals surface area (Å²) in [5, 5.41) is 2.87. The first-order valence-electron chi connectivity index (χ1n) is 7.09. The number of thiocarbonyl (C=S) groups is 1. The number of carbonyl (C=O) groups excluding carboxylic acids is 2. The molecule has 1 aromatic carbocycles. The van der Waals surface area contributed by atoms with Gasteiger partial charge in [-0.15, -0.1) is 0 Å². The maximum absolute atomic E-state index is 11.8. The quantitative estimate of drug-likeness (QED) is 0.558. The molecule has 0 aliphatic carbocycles. The summed E-state index contributed by atoms with van der Waals surface area (Å²) in [6.45, 7) is 0.666. The van der Waals surface area contributed by atoms with Gasteiger partial charge in [0.15, 0.2) is 0 Å². The third-order valence-corrected chi connectivity index (χ3v) is 5.22. The Balaban J connectivity index is 1.60. The van der Waals surface area contributed by atoms with Gasteiger partial charge in [-0.1, -0.05) is 46.3 Å². The van der Waals surface area contributed by atoms with Crippen LogP contribution < -0.4 is 5.32 Å². The van der Waals surface area contributed by atoms with Crippen LogP contribution in [0.15, 0.2) is 28.7 Å². The van der Waals surface area contributed by atoms with E-state index in [4.69, 9.17) is 12.2 Å². The Morgan fingerprint density at radius 3 is 2.64 bits per heavy atom. The third kappa shape index (κ3) is 5.37. The Labute approximate surface area is 148 Å². The lowest BCUT2D eigenvalue weighted by Gasteiger charge is -2.14. The van der Waals surface area contributed by atoms with Crippen molar-refractivity contribution in [2.45, 2.75) is 25.7 Å². The number of amides is 2. The Bertz CT molecular complexity index is 547. The van der Waals surface area contributed by atoms with Crippen LogP contribution in [0.3, 0.4) is 0 Å². The van der Waals surface area contributed by atoms with Crippen molar-refractivity contribution >= 4 is 61.7 Å². The first-order valence-corrected chi connectivity index (χ1v) is 9.27. The Hall–Kier alpha value is -0.920. The van der Waals surface area contributed by atoms with Crippen molar-refractivity contribution in [2.75, 3.05) is 17.6 Å². The van der Waals surface area contributed by atoms with E-state index in [9.17, 15) is 9.59 Å². The molecule has 0 atom stereocenters. The lowest BCUT2D eigenvalue weighted by Crippen LogP contribution is -2.29. The number of halogens is 1. The molecule has 1 saturated heterocycles. The molecule has 118 valence electrons. The fourth-order valence-electron chi connectivity index (χ4n) is 2.09. The molecule has 0 spiro atoms. The first-order chi connectivity index (χ1) is 10.6. The normalized spacial score (nSPS) is 14.5. The van der Waals surface area contributed by atoms with Gasteiger partial charge in [0.25, 0.3) is 0 Å². The van der Waals surface area contributed by atoms with Crippen molar-refractivity contribution < 1.29 is 9.59 Å². The number of carbonyl (C=O) groups is 2. The smallest absolute Gasteiger partial charge is 0.238 e. The van der Waals surface area contributed by atoms with Crippen molar-refractivity contribution in [3.63, 3.8) is 0 Å². The number of hydrogen-bond donors (Lipinski definition) is 1. The monoisotopic (exact) mass is 400 g/mol. The number of thioether (sulfide) groups is 1. The van der Waals surface area contributed by atoms with E-state index in [1.165, 1.54) is 11.8 Å². The van der Waals surface area contributed by atoms with Crippen LogP contribution in [0.1, 0.15) is 25.7 Å². The van der Waals surface area contributed by atoms with E-state index in [-0.39, 0.29) is 11.8 Å². The number of nitrogens with zero attached hydrogens (tertiary/aromatic N) is 1. The molecule has 1 N–H and O–H groups in total. The number of benzene rings is 1. The maximum atomic E-state index is 11.8. The predicted molar refractivity (Wildman–Crippen MR) is 98.0 cm³/mol. The molecule has 1 aromatic rings. The van der Waals surface area contributed by atoms with E-state index in [1.54, 1.807) is 4.90 Å². The SMILES string of the molecule is O=C(CCCCCN1C(=O)CSC1=S)Nc1ccc(Br)cc1. The zero-order chi connectivity index (χ0) is 15.9. The predicted octanol–water partition coefficient (Wildman–Crippen LogP) is 3.81. The van der Waals surface area contributed by atoms with Crippen molar-refractivity contribution in [2.24, 2.45) is 0 Å². The van der Waals surface area contributed by atoms with Crippen LogP contribution in [0.5, 0.6) is 0 Å². The molecule has 22 heavy (non-hydrogen) atoms. The van der Waals surface area contributed by atoms with Gasteiger partial charge in [-0.2, -0.15) is 0 Å². The maximum Gasteiger partial charge on any atom is 0.238 e. The molecule has 1 fully saturated rings. The highest BCUT2D eigenvalue weighted by molar-refractivity contribution is 9.10. The highest BCUT2D eigenvalue weighted by Gasteiger charge is 2.25. The Morgan fingerprint density at radius 1 is 1.27 bits per heavy atom. The molecule has 0 saturated carbocycles. The number of rotatable bonds is 7. The summed E-state index contributed by atoms with van der Waals surface area (Å²) in [6, 6.07) is 7.51. The molecule has 2 amide bonds. The lowest BCUT2D eigenvalue weighted by molar-refractivity contribution is -0.124. The first kappa shape index (κ1) is 17.4. The average molecular weight is 401 g/mol. The second kappa shape index (κ2) is 8.64. The number of unbranched alkanes of at least 4 members (excludes halogenated alkanes) is 2.